The zero-order valence-electron chi connectivity index (χ0n) is 9.74. The van der Waals surface area contributed by atoms with Gasteiger partial charge in [-0.3, -0.25) is 0 Å². The molecule has 2 aromatic rings. The molecule has 1 heterocycles. The van der Waals surface area contributed by atoms with E-state index in [0.29, 0.717) is 17.3 Å². The molecule has 0 unspecified atom stereocenters. The van der Waals surface area contributed by atoms with Gasteiger partial charge < -0.3 is 10.6 Å². The molecule has 1 aromatic carbocycles. The highest BCUT2D eigenvalue weighted by Gasteiger charge is 2.04. The van der Waals surface area contributed by atoms with Gasteiger partial charge in [-0.05, 0) is 25.1 Å². The predicted octanol–water partition coefficient (Wildman–Crippen LogP) is 3.43. The average Bonchev–Trinajstić information content (AvgIpc) is 2.73. The summed E-state index contributed by atoms with van der Waals surface area (Å²) < 4.78 is 0. The van der Waals surface area contributed by atoms with Gasteiger partial charge in [-0.1, -0.05) is 17.7 Å². The van der Waals surface area contributed by atoms with Crippen molar-refractivity contribution in [3.63, 3.8) is 0 Å². The SMILES string of the molecule is Cc1csc(CNC(=O)Nc2cccc(Cl)c2)n1. The molecule has 0 spiro atoms. The molecule has 2 rings (SSSR count). The molecule has 0 atom stereocenters. The first-order valence-corrected chi connectivity index (χ1v) is 6.60. The topological polar surface area (TPSA) is 54.0 Å². The van der Waals surface area contributed by atoms with Gasteiger partial charge in [-0.15, -0.1) is 11.3 Å². The summed E-state index contributed by atoms with van der Waals surface area (Å²) in [5, 5.41) is 8.86. The summed E-state index contributed by atoms with van der Waals surface area (Å²) in [6, 6.07) is 6.73. The average molecular weight is 282 g/mol. The van der Waals surface area contributed by atoms with E-state index in [4.69, 9.17) is 11.6 Å². The van der Waals surface area contributed by atoms with Crippen LogP contribution in [0.1, 0.15) is 10.7 Å². The molecular formula is C12H12ClN3OS. The van der Waals surface area contributed by atoms with Gasteiger partial charge in [0, 0.05) is 21.8 Å². The number of thiazole rings is 1. The van der Waals surface area contributed by atoms with Gasteiger partial charge in [0.1, 0.15) is 5.01 Å². The van der Waals surface area contributed by atoms with Crippen molar-refractivity contribution in [2.45, 2.75) is 13.5 Å². The molecule has 0 saturated heterocycles. The van der Waals surface area contributed by atoms with Crippen molar-refractivity contribution in [2.75, 3.05) is 5.32 Å². The Morgan fingerprint density at radius 2 is 2.33 bits per heavy atom. The first-order chi connectivity index (χ1) is 8.63. The molecular weight excluding hydrogens is 270 g/mol. The maximum atomic E-state index is 11.6. The van der Waals surface area contributed by atoms with Gasteiger partial charge in [0.2, 0.25) is 0 Å². The van der Waals surface area contributed by atoms with Crippen molar-refractivity contribution in [3.05, 3.63) is 45.4 Å². The predicted molar refractivity (Wildman–Crippen MR) is 74.2 cm³/mol. The molecule has 0 bridgehead atoms. The summed E-state index contributed by atoms with van der Waals surface area (Å²) in [6.45, 7) is 2.34. The maximum Gasteiger partial charge on any atom is 0.319 e. The molecule has 94 valence electrons. The van der Waals surface area contributed by atoms with Crippen molar-refractivity contribution in [2.24, 2.45) is 0 Å². The van der Waals surface area contributed by atoms with Crippen molar-refractivity contribution in [3.8, 4) is 0 Å². The minimum atomic E-state index is -0.273. The Morgan fingerprint density at radius 3 is 3.00 bits per heavy atom. The Morgan fingerprint density at radius 1 is 1.50 bits per heavy atom. The van der Waals surface area contributed by atoms with Crippen LogP contribution in [0.25, 0.3) is 0 Å². The number of urea groups is 1. The third-order valence-electron chi connectivity index (χ3n) is 2.15. The van der Waals surface area contributed by atoms with Crippen molar-refractivity contribution < 1.29 is 4.79 Å². The largest absolute Gasteiger partial charge is 0.331 e. The number of aryl methyl sites for hydroxylation is 1. The number of nitrogens with one attached hydrogen (secondary N) is 2. The van der Waals surface area contributed by atoms with Crippen LogP contribution in [-0.2, 0) is 6.54 Å². The first kappa shape index (κ1) is 12.9. The van der Waals surface area contributed by atoms with E-state index in [0.717, 1.165) is 10.7 Å². The van der Waals surface area contributed by atoms with Gasteiger partial charge in [-0.25, -0.2) is 9.78 Å². The fraction of sp³-hybridized carbons (Fsp3) is 0.167. The second-order valence-corrected chi connectivity index (χ2v) is 5.08. The highest BCUT2D eigenvalue weighted by Crippen LogP contribution is 2.14. The quantitative estimate of drug-likeness (QED) is 0.906. The third kappa shape index (κ3) is 3.72. The number of nitrogens with zero attached hydrogens (tertiary/aromatic N) is 1. The van der Waals surface area contributed by atoms with E-state index in [1.165, 1.54) is 11.3 Å². The van der Waals surface area contributed by atoms with Crippen LogP contribution in [0.15, 0.2) is 29.6 Å². The minimum Gasteiger partial charge on any atom is -0.331 e. The lowest BCUT2D eigenvalue weighted by molar-refractivity contribution is 0.251. The number of carbonyl (C=O) groups excluding carboxylic acids is 1. The highest BCUT2D eigenvalue weighted by molar-refractivity contribution is 7.09. The van der Waals surface area contributed by atoms with Gasteiger partial charge >= 0.3 is 6.03 Å². The van der Waals surface area contributed by atoms with Crippen LogP contribution in [0.2, 0.25) is 5.02 Å². The van der Waals surface area contributed by atoms with Crippen molar-refractivity contribution in [1.29, 1.82) is 0 Å². The molecule has 0 aliphatic rings. The molecule has 0 radical (unpaired) electrons. The van der Waals surface area contributed by atoms with Gasteiger partial charge in [0.15, 0.2) is 0 Å². The molecule has 0 fully saturated rings. The minimum absolute atomic E-state index is 0.273. The van der Waals surface area contributed by atoms with E-state index in [2.05, 4.69) is 15.6 Å². The Hall–Kier alpha value is -1.59. The van der Waals surface area contributed by atoms with Crippen molar-refractivity contribution in [1.82, 2.24) is 10.3 Å². The number of amides is 2. The maximum absolute atomic E-state index is 11.6. The second kappa shape index (κ2) is 5.84. The van der Waals surface area contributed by atoms with Crippen LogP contribution < -0.4 is 10.6 Å². The van der Waals surface area contributed by atoms with Crippen molar-refractivity contribution >= 4 is 34.7 Å². The van der Waals surface area contributed by atoms with Crippen LogP contribution >= 0.6 is 22.9 Å². The van der Waals surface area contributed by atoms with E-state index in [1.807, 2.05) is 12.3 Å². The lowest BCUT2D eigenvalue weighted by Gasteiger charge is -2.06. The number of carbonyl (C=O) groups is 1. The van der Waals surface area contributed by atoms with Gasteiger partial charge in [-0.2, -0.15) is 0 Å². The molecule has 4 nitrogen and oxygen atoms in total. The first-order valence-electron chi connectivity index (χ1n) is 5.35. The normalized spacial score (nSPS) is 10.1. The summed E-state index contributed by atoms with van der Waals surface area (Å²) in [5.74, 6) is 0. The molecule has 2 amide bonds. The standard InChI is InChI=1S/C12H12ClN3OS/c1-8-7-18-11(15-8)6-14-12(17)16-10-4-2-3-9(13)5-10/h2-5,7H,6H2,1H3,(H2,14,16,17). The van der Waals surface area contributed by atoms with Crippen LogP contribution in [0.3, 0.4) is 0 Å². The molecule has 0 aliphatic carbocycles. The summed E-state index contributed by atoms with van der Waals surface area (Å²) in [7, 11) is 0. The fourth-order valence-corrected chi connectivity index (χ4v) is 2.28. The number of hydrogen-bond donors (Lipinski definition) is 2. The van der Waals surface area contributed by atoms with Crippen LogP contribution in [0.4, 0.5) is 10.5 Å². The molecule has 2 N–H and O–H groups in total. The second-order valence-electron chi connectivity index (χ2n) is 3.70. The summed E-state index contributed by atoms with van der Waals surface area (Å²) >= 11 is 7.35. The van der Waals surface area contributed by atoms with Crippen LogP contribution in [0.5, 0.6) is 0 Å². The third-order valence-corrected chi connectivity index (χ3v) is 3.35. The van der Waals surface area contributed by atoms with E-state index in [-0.39, 0.29) is 6.03 Å². The lowest BCUT2D eigenvalue weighted by atomic mass is 10.3. The Labute approximate surface area is 114 Å². The van der Waals surface area contributed by atoms with Gasteiger partial charge in [0.05, 0.1) is 6.54 Å². The molecule has 18 heavy (non-hydrogen) atoms. The van der Waals surface area contributed by atoms with Gasteiger partial charge in [0.25, 0.3) is 0 Å². The lowest BCUT2D eigenvalue weighted by Crippen LogP contribution is -2.28. The molecule has 0 aliphatic heterocycles. The van der Waals surface area contributed by atoms with Crippen LogP contribution in [-0.4, -0.2) is 11.0 Å². The summed E-state index contributed by atoms with van der Waals surface area (Å²) in [4.78, 5) is 15.9. The highest BCUT2D eigenvalue weighted by atomic mass is 35.5. The van der Waals surface area contributed by atoms with E-state index < -0.39 is 0 Å². The van der Waals surface area contributed by atoms with E-state index in [1.54, 1.807) is 24.3 Å². The number of benzene rings is 1. The van der Waals surface area contributed by atoms with E-state index in [9.17, 15) is 4.79 Å². The zero-order valence-corrected chi connectivity index (χ0v) is 11.3. The Kier molecular flexibility index (Phi) is 4.17. The number of rotatable bonds is 3. The Balaban J connectivity index is 1.85. The number of hydrogen-bond acceptors (Lipinski definition) is 3. The Bertz CT molecular complexity index is 556. The van der Waals surface area contributed by atoms with E-state index >= 15 is 0 Å². The monoisotopic (exact) mass is 281 g/mol. The number of halogens is 1. The molecule has 0 saturated carbocycles. The summed E-state index contributed by atoms with van der Waals surface area (Å²) in [5.41, 5.74) is 1.63. The van der Waals surface area contributed by atoms with Crippen LogP contribution in [0, 0.1) is 6.92 Å². The molecule has 6 heteroatoms. The smallest absolute Gasteiger partial charge is 0.319 e. The summed E-state index contributed by atoms with van der Waals surface area (Å²) in [6.07, 6.45) is 0. The number of anilines is 1. The number of aromatic nitrogens is 1. The zero-order chi connectivity index (χ0) is 13.0. The molecule has 1 aromatic heterocycles. The fourth-order valence-electron chi connectivity index (χ4n) is 1.38.